The van der Waals surface area contributed by atoms with Crippen LogP contribution in [0.15, 0.2) is 24.8 Å². The van der Waals surface area contributed by atoms with Crippen LogP contribution in [0.3, 0.4) is 0 Å². The van der Waals surface area contributed by atoms with Gasteiger partial charge in [0.25, 0.3) is 5.91 Å². The minimum atomic E-state index is -3.04. The van der Waals surface area contributed by atoms with E-state index in [-0.39, 0.29) is 65.7 Å². The number of amides is 2. The summed E-state index contributed by atoms with van der Waals surface area (Å²) in [5.41, 5.74) is 7.03. The van der Waals surface area contributed by atoms with E-state index in [0.717, 1.165) is 5.56 Å². The molecule has 1 aliphatic rings. The number of carbonyl (C=O) groups is 2. The normalized spacial score (nSPS) is 13.9. The van der Waals surface area contributed by atoms with Crippen molar-refractivity contribution in [3.8, 4) is 0 Å². The van der Waals surface area contributed by atoms with Gasteiger partial charge >= 0.3 is 6.55 Å². The first-order chi connectivity index (χ1) is 16.7. The van der Waals surface area contributed by atoms with Crippen LogP contribution in [0.1, 0.15) is 60.5 Å². The molecule has 1 saturated heterocycles. The Morgan fingerprint density at radius 2 is 2.00 bits per heavy atom. The van der Waals surface area contributed by atoms with Gasteiger partial charge in [0.2, 0.25) is 5.91 Å². The van der Waals surface area contributed by atoms with Crippen molar-refractivity contribution in [1.82, 2.24) is 25.1 Å². The lowest BCUT2D eigenvalue weighted by molar-refractivity contribution is -0.130. The van der Waals surface area contributed by atoms with Gasteiger partial charge in [0.15, 0.2) is 0 Å². The van der Waals surface area contributed by atoms with E-state index in [9.17, 15) is 18.4 Å². The maximum absolute atomic E-state index is 14.0. The van der Waals surface area contributed by atoms with Gasteiger partial charge in [0.1, 0.15) is 17.4 Å². The highest BCUT2D eigenvalue weighted by Gasteiger charge is 2.33. The van der Waals surface area contributed by atoms with Gasteiger partial charge in [-0.25, -0.2) is 4.98 Å². The molecule has 2 aromatic rings. The molecule has 12 heteroatoms. The summed E-state index contributed by atoms with van der Waals surface area (Å²) in [6.45, 7) is 8.04. The highest BCUT2D eigenvalue weighted by Crippen LogP contribution is 2.33. The van der Waals surface area contributed by atoms with Crippen molar-refractivity contribution in [3.63, 3.8) is 0 Å². The molecule has 1 fully saturated rings. The monoisotopic (exact) mass is 521 g/mol. The van der Waals surface area contributed by atoms with Gasteiger partial charge in [-0.2, -0.15) is 8.78 Å². The van der Waals surface area contributed by atoms with Crippen LogP contribution in [0, 0.1) is 12.3 Å². The third kappa shape index (κ3) is 5.51. The zero-order valence-electron chi connectivity index (χ0n) is 20.6. The number of nitrogens with one attached hydrogen (secondary N) is 3. The molecule has 1 aromatic carbocycles. The third-order valence-electron chi connectivity index (χ3n) is 5.91. The van der Waals surface area contributed by atoms with Crippen LogP contribution in [0.25, 0.3) is 0 Å². The molecular weight excluding hydrogens is 492 g/mol. The quantitative estimate of drug-likeness (QED) is 0.192. The van der Waals surface area contributed by atoms with E-state index in [2.05, 4.69) is 22.2 Å². The maximum Gasteiger partial charge on any atom is 0.320 e. The van der Waals surface area contributed by atoms with Gasteiger partial charge < -0.3 is 21.3 Å². The number of likely N-dealkylation sites (tertiary alicyclic amines) is 1. The minimum Gasteiger partial charge on any atom is -0.398 e. The highest BCUT2D eigenvalue weighted by molar-refractivity contribution is 6.32. The Morgan fingerprint density at radius 1 is 1.36 bits per heavy atom. The van der Waals surface area contributed by atoms with Gasteiger partial charge in [-0.05, 0) is 36.1 Å². The van der Waals surface area contributed by atoms with Crippen molar-refractivity contribution in [2.45, 2.75) is 52.2 Å². The zero-order chi connectivity index (χ0) is 26.9. The molecule has 9 nitrogen and oxygen atoms in total. The molecule has 0 radical (unpaired) electrons. The first-order valence-corrected chi connectivity index (χ1v) is 11.6. The predicted octanol–water partition coefficient (Wildman–Crippen LogP) is 3.36. The smallest absolute Gasteiger partial charge is 0.320 e. The number of aryl methyl sites for hydroxylation is 1. The lowest BCUT2D eigenvalue weighted by atomic mass is 9.85. The molecule has 0 spiro atoms. The Bertz CT molecular complexity index is 1210. The van der Waals surface area contributed by atoms with Crippen LogP contribution in [0.2, 0.25) is 5.02 Å². The molecule has 1 aliphatic heterocycles. The summed E-state index contributed by atoms with van der Waals surface area (Å²) in [6, 6.07) is 2.90. The van der Waals surface area contributed by atoms with Gasteiger partial charge in [0, 0.05) is 29.4 Å². The number of hydrogen-bond donors (Lipinski definition) is 4. The van der Waals surface area contributed by atoms with E-state index in [1.165, 1.54) is 17.9 Å². The number of rotatable bonds is 7. The standard InChI is InChI=1S/C24H30ClF2N7O2/c1-6-19(35)33-10-13(11-33)32-22(36)20-12(2)31-18(34(20)23(26)27)9-30-21(29)14-7-15(24(3,4)5)16(25)8-17(14)28/h6-8,13,23H,1,9-11,28H2,2-5H3,(H2,29,30)(H,32,36). The fourth-order valence-electron chi connectivity index (χ4n) is 3.99. The summed E-state index contributed by atoms with van der Waals surface area (Å²) in [6.07, 6.45) is 1.17. The van der Waals surface area contributed by atoms with Gasteiger partial charge in [-0.15, -0.1) is 0 Å². The van der Waals surface area contributed by atoms with Crippen molar-refractivity contribution < 1.29 is 18.4 Å². The summed E-state index contributed by atoms with van der Waals surface area (Å²) in [4.78, 5) is 30.0. The Morgan fingerprint density at radius 3 is 2.56 bits per heavy atom. The summed E-state index contributed by atoms with van der Waals surface area (Å²) >= 11 is 6.32. The molecule has 0 saturated carbocycles. The third-order valence-corrected chi connectivity index (χ3v) is 6.22. The van der Waals surface area contributed by atoms with E-state index < -0.39 is 12.5 Å². The number of benzene rings is 1. The topological polar surface area (TPSA) is 129 Å². The second-order valence-corrected chi connectivity index (χ2v) is 10.0. The molecule has 0 bridgehead atoms. The number of hydrogen-bond acceptors (Lipinski definition) is 5. The Labute approximate surface area is 213 Å². The fourth-order valence-corrected chi connectivity index (χ4v) is 4.44. The molecule has 0 unspecified atom stereocenters. The molecule has 1 aromatic heterocycles. The minimum absolute atomic E-state index is 0.0939. The first-order valence-electron chi connectivity index (χ1n) is 11.2. The number of amidine groups is 1. The number of imidazole rings is 1. The lowest BCUT2D eigenvalue weighted by Gasteiger charge is -2.38. The summed E-state index contributed by atoms with van der Waals surface area (Å²) in [5.74, 6) is -1.18. The Kier molecular flexibility index (Phi) is 7.73. The van der Waals surface area contributed by atoms with Crippen LogP contribution in [-0.4, -0.2) is 51.2 Å². The van der Waals surface area contributed by atoms with Crippen LogP contribution < -0.4 is 16.4 Å². The van der Waals surface area contributed by atoms with Crippen LogP contribution in [-0.2, 0) is 16.8 Å². The van der Waals surface area contributed by atoms with E-state index >= 15 is 0 Å². The number of anilines is 1. The van der Waals surface area contributed by atoms with Crippen molar-refractivity contribution in [1.29, 1.82) is 5.41 Å². The Balaban J connectivity index is 1.77. The molecule has 3 rings (SSSR count). The van der Waals surface area contributed by atoms with Crippen LogP contribution in [0.5, 0.6) is 0 Å². The zero-order valence-corrected chi connectivity index (χ0v) is 21.3. The Hall–Kier alpha value is -3.47. The van der Waals surface area contributed by atoms with E-state index in [0.29, 0.717) is 15.2 Å². The average molecular weight is 522 g/mol. The number of nitrogen functional groups attached to an aromatic ring is 1. The van der Waals surface area contributed by atoms with E-state index in [1.54, 1.807) is 12.1 Å². The number of carbonyl (C=O) groups excluding carboxylic acids is 2. The molecule has 2 heterocycles. The fraction of sp³-hybridized carbons (Fsp3) is 0.417. The summed E-state index contributed by atoms with van der Waals surface area (Å²) in [7, 11) is 0. The van der Waals surface area contributed by atoms with Crippen LogP contribution >= 0.6 is 11.6 Å². The second kappa shape index (κ2) is 10.3. The van der Waals surface area contributed by atoms with Gasteiger partial charge in [-0.1, -0.05) is 39.0 Å². The summed E-state index contributed by atoms with van der Waals surface area (Å²) in [5, 5.41) is 14.3. The number of alkyl halides is 2. The van der Waals surface area contributed by atoms with Crippen molar-refractivity contribution >= 4 is 34.9 Å². The summed E-state index contributed by atoms with van der Waals surface area (Å²) < 4.78 is 28.6. The van der Waals surface area contributed by atoms with E-state index in [4.69, 9.17) is 22.7 Å². The SMILES string of the molecule is C=CC(=O)N1CC(NC(=O)c2c(C)nc(CNC(=N)c3cc(C(C)(C)C)c(Cl)cc3N)n2C(F)F)C1. The number of aromatic nitrogens is 2. The van der Waals surface area contributed by atoms with E-state index in [1.807, 2.05) is 20.8 Å². The largest absolute Gasteiger partial charge is 0.398 e. The molecule has 0 aliphatic carbocycles. The average Bonchev–Trinajstić information content (AvgIpc) is 3.09. The molecule has 36 heavy (non-hydrogen) atoms. The van der Waals surface area contributed by atoms with Crippen LogP contribution in [0.4, 0.5) is 14.5 Å². The molecular formula is C24H30ClF2N7O2. The van der Waals surface area contributed by atoms with Crippen molar-refractivity contribution in [3.05, 3.63) is 58.1 Å². The first kappa shape index (κ1) is 27.1. The van der Waals surface area contributed by atoms with Gasteiger partial charge in [-0.3, -0.25) is 19.6 Å². The molecule has 0 atom stereocenters. The number of nitrogens with two attached hydrogens (primary N) is 1. The number of halogens is 3. The number of nitrogens with zero attached hydrogens (tertiary/aromatic N) is 3. The maximum atomic E-state index is 14.0. The van der Waals surface area contributed by atoms with Crippen molar-refractivity contribution in [2.75, 3.05) is 18.8 Å². The molecule has 194 valence electrons. The van der Waals surface area contributed by atoms with Crippen molar-refractivity contribution in [2.24, 2.45) is 0 Å². The lowest BCUT2D eigenvalue weighted by Crippen LogP contribution is -2.60. The molecule has 2 amide bonds. The highest BCUT2D eigenvalue weighted by atomic mass is 35.5. The molecule has 5 N–H and O–H groups in total. The van der Waals surface area contributed by atoms with Gasteiger partial charge in [0.05, 0.1) is 18.3 Å². The predicted molar refractivity (Wildman–Crippen MR) is 134 cm³/mol. The second-order valence-electron chi connectivity index (χ2n) is 9.63.